The number of nitro benzene ring substituents is 1. The lowest BCUT2D eigenvalue weighted by molar-refractivity contribution is -0.385. The van der Waals surface area contributed by atoms with Gasteiger partial charge in [-0.3, -0.25) is 20.2 Å². The first-order chi connectivity index (χ1) is 9.95. The van der Waals surface area contributed by atoms with E-state index < -0.39 is 16.9 Å². The van der Waals surface area contributed by atoms with Crippen LogP contribution in [0.2, 0.25) is 0 Å². The number of carbonyl (C=O) groups excluding carboxylic acids is 2. The van der Waals surface area contributed by atoms with Crippen LogP contribution in [0.15, 0.2) is 18.2 Å². The molecule has 8 nitrogen and oxygen atoms in total. The fraction of sp³-hybridized carbons (Fsp3) is 0.385. The van der Waals surface area contributed by atoms with Crippen molar-refractivity contribution in [3.05, 3.63) is 33.9 Å². The monoisotopic (exact) mass is 293 g/mol. The highest BCUT2D eigenvalue weighted by atomic mass is 16.6. The lowest BCUT2D eigenvalue weighted by Gasteiger charge is -2.08. The van der Waals surface area contributed by atoms with Crippen LogP contribution in [0, 0.1) is 17.0 Å². The van der Waals surface area contributed by atoms with Crippen molar-refractivity contribution < 1.29 is 19.2 Å². The van der Waals surface area contributed by atoms with Gasteiger partial charge in [0.15, 0.2) is 6.61 Å². The van der Waals surface area contributed by atoms with E-state index in [9.17, 15) is 19.7 Å². The maximum Gasteiger partial charge on any atom is 0.321 e. The minimum atomic E-state index is -0.579. The quantitative estimate of drug-likeness (QED) is 0.627. The number of hydrogen-bond donors (Lipinski definition) is 2. The van der Waals surface area contributed by atoms with Crippen LogP contribution in [0.3, 0.4) is 0 Å². The van der Waals surface area contributed by atoms with Crippen LogP contribution in [-0.4, -0.2) is 29.5 Å². The molecule has 0 saturated heterocycles. The maximum absolute atomic E-state index is 11.5. The third kappa shape index (κ3) is 4.44. The molecule has 0 aromatic heterocycles. The molecule has 0 atom stereocenters. The maximum atomic E-state index is 11.5. The molecule has 1 aromatic rings. The van der Waals surface area contributed by atoms with Crippen molar-refractivity contribution in [2.75, 3.05) is 6.61 Å². The molecule has 21 heavy (non-hydrogen) atoms. The summed E-state index contributed by atoms with van der Waals surface area (Å²) in [6.07, 6.45) is 1.86. The molecule has 8 heteroatoms. The summed E-state index contributed by atoms with van der Waals surface area (Å²) in [5.74, 6) is -0.250. The number of nitro groups is 1. The second kappa shape index (κ2) is 6.21. The van der Waals surface area contributed by atoms with Gasteiger partial charge in [-0.2, -0.15) is 0 Å². The van der Waals surface area contributed by atoms with Gasteiger partial charge in [0.1, 0.15) is 5.75 Å². The summed E-state index contributed by atoms with van der Waals surface area (Å²) in [6, 6.07) is 3.81. The zero-order valence-electron chi connectivity index (χ0n) is 11.4. The number of imide groups is 1. The first kappa shape index (κ1) is 14.8. The van der Waals surface area contributed by atoms with Gasteiger partial charge in [0.2, 0.25) is 0 Å². The van der Waals surface area contributed by atoms with Crippen LogP contribution in [-0.2, 0) is 4.79 Å². The van der Waals surface area contributed by atoms with Crippen molar-refractivity contribution in [3.8, 4) is 5.75 Å². The molecule has 1 fully saturated rings. The first-order valence-electron chi connectivity index (χ1n) is 6.44. The highest BCUT2D eigenvalue weighted by Gasteiger charge is 2.23. The number of amides is 3. The number of urea groups is 1. The number of aryl methyl sites for hydroxylation is 1. The predicted molar refractivity (Wildman–Crippen MR) is 73.0 cm³/mol. The summed E-state index contributed by atoms with van der Waals surface area (Å²) < 4.78 is 5.19. The molecular formula is C13H15N3O5. The Morgan fingerprint density at radius 3 is 2.71 bits per heavy atom. The molecule has 2 rings (SSSR count). The predicted octanol–water partition coefficient (Wildman–Crippen LogP) is 1.27. The number of nitrogens with one attached hydrogen (secondary N) is 2. The SMILES string of the molecule is Cc1cc(OCC(=O)NC(=O)NC2CC2)ccc1[N+](=O)[O-]. The Hall–Kier alpha value is -2.64. The Labute approximate surface area is 120 Å². The van der Waals surface area contributed by atoms with Crippen LogP contribution in [0.4, 0.5) is 10.5 Å². The van der Waals surface area contributed by atoms with E-state index in [1.54, 1.807) is 6.92 Å². The van der Waals surface area contributed by atoms with Crippen LogP contribution < -0.4 is 15.4 Å². The van der Waals surface area contributed by atoms with Gasteiger partial charge in [-0.05, 0) is 31.9 Å². The third-order valence-corrected chi connectivity index (χ3v) is 2.90. The Balaban J connectivity index is 1.81. The van der Waals surface area contributed by atoms with E-state index in [1.165, 1.54) is 18.2 Å². The fourth-order valence-corrected chi connectivity index (χ4v) is 1.68. The number of ether oxygens (including phenoxy) is 1. The molecular weight excluding hydrogens is 278 g/mol. The van der Waals surface area contributed by atoms with Crippen LogP contribution in [0.25, 0.3) is 0 Å². The van der Waals surface area contributed by atoms with Gasteiger partial charge < -0.3 is 10.1 Å². The molecule has 0 radical (unpaired) electrons. The molecule has 1 aliphatic rings. The summed E-state index contributed by atoms with van der Waals surface area (Å²) in [6.45, 7) is 1.24. The molecule has 0 unspecified atom stereocenters. The number of nitrogens with zero attached hydrogens (tertiary/aromatic N) is 1. The smallest absolute Gasteiger partial charge is 0.321 e. The Bertz CT molecular complexity index is 583. The highest BCUT2D eigenvalue weighted by Crippen LogP contribution is 2.22. The standard InChI is InChI=1S/C13H15N3O5/c1-8-6-10(4-5-11(8)16(19)20)21-7-12(17)15-13(18)14-9-2-3-9/h4-6,9H,2-3,7H2,1H3,(H2,14,15,17,18). The Kier molecular flexibility index (Phi) is 4.36. The molecule has 2 N–H and O–H groups in total. The number of benzene rings is 1. The molecule has 1 aliphatic carbocycles. The normalized spacial score (nSPS) is 13.4. The molecule has 0 aliphatic heterocycles. The lowest BCUT2D eigenvalue weighted by Crippen LogP contribution is -2.42. The van der Waals surface area contributed by atoms with Crippen molar-refractivity contribution in [3.63, 3.8) is 0 Å². The number of rotatable bonds is 5. The van der Waals surface area contributed by atoms with Crippen LogP contribution in [0.5, 0.6) is 5.75 Å². The molecule has 1 aromatic carbocycles. The molecule has 112 valence electrons. The highest BCUT2D eigenvalue weighted by molar-refractivity contribution is 5.95. The molecule has 3 amide bonds. The topological polar surface area (TPSA) is 111 Å². The first-order valence-corrected chi connectivity index (χ1v) is 6.44. The van der Waals surface area contributed by atoms with Crippen molar-refractivity contribution in [1.29, 1.82) is 0 Å². The van der Waals surface area contributed by atoms with E-state index in [4.69, 9.17) is 4.74 Å². The van der Waals surface area contributed by atoms with E-state index in [0.717, 1.165) is 12.8 Å². The number of hydrogen-bond acceptors (Lipinski definition) is 5. The van der Waals surface area contributed by atoms with Crippen molar-refractivity contribution in [2.24, 2.45) is 0 Å². The minimum Gasteiger partial charge on any atom is -0.484 e. The molecule has 0 spiro atoms. The van der Waals surface area contributed by atoms with Gasteiger partial charge in [-0.15, -0.1) is 0 Å². The Morgan fingerprint density at radius 1 is 1.43 bits per heavy atom. The molecule has 0 bridgehead atoms. The second-order valence-electron chi connectivity index (χ2n) is 4.79. The van der Waals surface area contributed by atoms with E-state index in [0.29, 0.717) is 11.3 Å². The van der Waals surface area contributed by atoms with Crippen LogP contribution >= 0.6 is 0 Å². The second-order valence-corrected chi connectivity index (χ2v) is 4.79. The van der Waals surface area contributed by atoms with Gasteiger partial charge in [-0.1, -0.05) is 0 Å². The van der Waals surface area contributed by atoms with E-state index >= 15 is 0 Å². The average Bonchev–Trinajstić information content (AvgIpc) is 3.19. The third-order valence-electron chi connectivity index (χ3n) is 2.90. The Morgan fingerprint density at radius 2 is 2.14 bits per heavy atom. The van der Waals surface area contributed by atoms with E-state index in [1.807, 2.05) is 0 Å². The van der Waals surface area contributed by atoms with Gasteiger partial charge >= 0.3 is 6.03 Å². The zero-order chi connectivity index (χ0) is 15.4. The van der Waals surface area contributed by atoms with Crippen molar-refractivity contribution in [2.45, 2.75) is 25.8 Å². The number of carbonyl (C=O) groups is 2. The van der Waals surface area contributed by atoms with Gasteiger partial charge in [0, 0.05) is 17.7 Å². The summed E-state index contributed by atoms with van der Waals surface area (Å²) >= 11 is 0. The lowest BCUT2D eigenvalue weighted by atomic mass is 10.2. The molecule has 1 saturated carbocycles. The fourth-order valence-electron chi connectivity index (χ4n) is 1.68. The van der Waals surface area contributed by atoms with Crippen molar-refractivity contribution >= 4 is 17.6 Å². The van der Waals surface area contributed by atoms with E-state index in [-0.39, 0.29) is 18.3 Å². The summed E-state index contributed by atoms with van der Waals surface area (Å²) in [5.41, 5.74) is 0.417. The zero-order valence-corrected chi connectivity index (χ0v) is 11.4. The largest absolute Gasteiger partial charge is 0.484 e. The van der Waals surface area contributed by atoms with Crippen LogP contribution in [0.1, 0.15) is 18.4 Å². The minimum absolute atomic E-state index is 0.0180. The van der Waals surface area contributed by atoms with Gasteiger partial charge in [0.25, 0.3) is 11.6 Å². The summed E-state index contributed by atoms with van der Waals surface area (Å²) in [7, 11) is 0. The van der Waals surface area contributed by atoms with Gasteiger partial charge in [-0.25, -0.2) is 4.79 Å². The summed E-state index contributed by atoms with van der Waals surface area (Å²) in [4.78, 5) is 33.0. The summed E-state index contributed by atoms with van der Waals surface area (Å²) in [5, 5.41) is 15.4. The van der Waals surface area contributed by atoms with Gasteiger partial charge in [0.05, 0.1) is 4.92 Å². The van der Waals surface area contributed by atoms with E-state index in [2.05, 4.69) is 10.6 Å². The average molecular weight is 293 g/mol. The molecule has 0 heterocycles. The van der Waals surface area contributed by atoms with Crippen molar-refractivity contribution in [1.82, 2.24) is 10.6 Å².